The Balaban J connectivity index is 2.35. The summed E-state index contributed by atoms with van der Waals surface area (Å²) in [6.45, 7) is 1.75. The molecule has 0 bridgehead atoms. The molecule has 1 fully saturated rings. The third-order valence-electron chi connectivity index (χ3n) is 3.73. The molecule has 1 heterocycles. The maximum Gasteiger partial charge on any atom is 0.416 e. The molecule has 1 saturated heterocycles. The van der Waals surface area contributed by atoms with Crippen molar-refractivity contribution in [1.82, 2.24) is 5.32 Å². The monoisotopic (exact) mass is 320 g/mol. The molecule has 0 aliphatic carbocycles. The first-order valence-corrected chi connectivity index (χ1v) is 8.78. The van der Waals surface area contributed by atoms with Crippen LogP contribution in [-0.2, 0) is 22.3 Å². The van der Waals surface area contributed by atoms with Crippen molar-refractivity contribution in [3.05, 3.63) is 29.3 Å². The van der Waals surface area contributed by atoms with E-state index in [0.29, 0.717) is 17.9 Å². The SMILES string of the molecule is CS(=N)(=O)c1cc(CC2CCNCC2)cc(C(F)(F)F)c1. The van der Waals surface area contributed by atoms with Crippen molar-refractivity contribution < 1.29 is 17.4 Å². The highest BCUT2D eigenvalue weighted by molar-refractivity contribution is 7.91. The van der Waals surface area contributed by atoms with Gasteiger partial charge in [-0.15, -0.1) is 0 Å². The molecule has 3 nitrogen and oxygen atoms in total. The molecule has 0 spiro atoms. The lowest BCUT2D eigenvalue weighted by Crippen LogP contribution is -2.28. The van der Waals surface area contributed by atoms with Gasteiger partial charge >= 0.3 is 6.18 Å². The smallest absolute Gasteiger partial charge is 0.317 e. The lowest BCUT2D eigenvalue weighted by Gasteiger charge is -2.23. The Labute approximate surface area is 122 Å². The largest absolute Gasteiger partial charge is 0.416 e. The van der Waals surface area contributed by atoms with E-state index in [4.69, 9.17) is 4.78 Å². The van der Waals surface area contributed by atoms with Crippen LogP contribution in [0.3, 0.4) is 0 Å². The van der Waals surface area contributed by atoms with Crippen molar-refractivity contribution >= 4 is 9.73 Å². The predicted octanol–water partition coefficient (Wildman–Crippen LogP) is 3.28. The molecular formula is C14H19F3N2OS. The molecule has 2 N–H and O–H groups in total. The number of halogens is 3. The van der Waals surface area contributed by atoms with Gasteiger partial charge in [0.2, 0.25) is 0 Å². The summed E-state index contributed by atoms with van der Waals surface area (Å²) in [6, 6.07) is 3.45. The van der Waals surface area contributed by atoms with Crippen molar-refractivity contribution in [2.24, 2.45) is 5.92 Å². The van der Waals surface area contributed by atoms with Crippen LogP contribution in [0.5, 0.6) is 0 Å². The molecule has 2 rings (SSSR count). The molecule has 0 aromatic heterocycles. The van der Waals surface area contributed by atoms with E-state index in [2.05, 4.69) is 5.32 Å². The Hall–Kier alpha value is -1.08. The topological polar surface area (TPSA) is 53.0 Å². The number of alkyl halides is 3. The molecule has 118 valence electrons. The summed E-state index contributed by atoms with van der Waals surface area (Å²) in [4.78, 5) is -0.0405. The zero-order valence-electron chi connectivity index (χ0n) is 11.8. The Morgan fingerprint density at radius 1 is 1.29 bits per heavy atom. The van der Waals surface area contributed by atoms with Gasteiger partial charge in [-0.1, -0.05) is 0 Å². The highest BCUT2D eigenvalue weighted by Crippen LogP contribution is 2.33. The van der Waals surface area contributed by atoms with E-state index in [-0.39, 0.29) is 4.90 Å². The number of piperidine rings is 1. The first kappa shape index (κ1) is 16.3. The lowest BCUT2D eigenvalue weighted by molar-refractivity contribution is -0.137. The van der Waals surface area contributed by atoms with Crippen LogP contribution < -0.4 is 5.32 Å². The maximum absolute atomic E-state index is 13.0. The van der Waals surface area contributed by atoms with E-state index in [0.717, 1.165) is 44.3 Å². The van der Waals surface area contributed by atoms with Gasteiger partial charge in [0.15, 0.2) is 0 Å². The van der Waals surface area contributed by atoms with Gasteiger partial charge in [-0.2, -0.15) is 13.2 Å². The fraction of sp³-hybridized carbons (Fsp3) is 0.571. The van der Waals surface area contributed by atoms with Crippen LogP contribution in [0.4, 0.5) is 13.2 Å². The lowest BCUT2D eigenvalue weighted by atomic mass is 9.90. The second-order valence-corrected chi connectivity index (χ2v) is 7.76. The van der Waals surface area contributed by atoms with E-state index in [1.54, 1.807) is 0 Å². The average molecular weight is 320 g/mol. The molecule has 1 aromatic carbocycles. The van der Waals surface area contributed by atoms with Crippen molar-refractivity contribution in [2.75, 3.05) is 19.3 Å². The highest BCUT2D eigenvalue weighted by atomic mass is 32.2. The van der Waals surface area contributed by atoms with Gasteiger partial charge in [0.05, 0.1) is 15.3 Å². The molecule has 0 amide bonds. The number of hydrogen-bond donors (Lipinski definition) is 2. The van der Waals surface area contributed by atoms with Gasteiger partial charge in [-0.25, -0.2) is 8.99 Å². The van der Waals surface area contributed by atoms with E-state index < -0.39 is 21.5 Å². The van der Waals surface area contributed by atoms with Crippen LogP contribution >= 0.6 is 0 Å². The molecule has 7 heteroatoms. The summed E-state index contributed by atoms with van der Waals surface area (Å²) in [5.74, 6) is 0.334. The fourth-order valence-corrected chi connectivity index (χ4v) is 3.31. The summed E-state index contributed by atoms with van der Waals surface area (Å²) in [7, 11) is -3.16. The minimum Gasteiger partial charge on any atom is -0.317 e. The summed E-state index contributed by atoms with van der Waals surface area (Å²) < 4.78 is 58.2. The van der Waals surface area contributed by atoms with Crippen LogP contribution in [0.1, 0.15) is 24.0 Å². The van der Waals surface area contributed by atoms with Crippen LogP contribution in [0.2, 0.25) is 0 Å². The van der Waals surface area contributed by atoms with Crippen molar-refractivity contribution in [3.8, 4) is 0 Å². The van der Waals surface area contributed by atoms with E-state index >= 15 is 0 Å². The molecule has 21 heavy (non-hydrogen) atoms. The molecule has 1 aliphatic heterocycles. The second kappa shape index (κ2) is 5.96. The average Bonchev–Trinajstić information content (AvgIpc) is 2.37. The summed E-state index contributed by atoms with van der Waals surface area (Å²) in [6.07, 6.45) is -0.948. The minimum absolute atomic E-state index is 0.0405. The van der Waals surface area contributed by atoms with E-state index in [1.807, 2.05) is 0 Å². The number of nitrogens with one attached hydrogen (secondary N) is 2. The first-order chi connectivity index (χ1) is 9.66. The third-order valence-corrected chi connectivity index (χ3v) is 4.86. The number of rotatable bonds is 3. The maximum atomic E-state index is 13.0. The van der Waals surface area contributed by atoms with Gasteiger partial charge in [-0.05, 0) is 62.0 Å². The Morgan fingerprint density at radius 3 is 2.43 bits per heavy atom. The van der Waals surface area contributed by atoms with Crippen LogP contribution in [0, 0.1) is 10.7 Å². The molecule has 1 unspecified atom stereocenters. The van der Waals surface area contributed by atoms with Gasteiger partial charge in [0.25, 0.3) is 0 Å². The summed E-state index contributed by atoms with van der Waals surface area (Å²) in [5.41, 5.74) is -0.292. The van der Waals surface area contributed by atoms with Crippen molar-refractivity contribution in [3.63, 3.8) is 0 Å². The van der Waals surface area contributed by atoms with Crippen LogP contribution in [0.15, 0.2) is 23.1 Å². The summed E-state index contributed by atoms with van der Waals surface area (Å²) in [5, 5.41) is 3.22. The van der Waals surface area contributed by atoms with Crippen molar-refractivity contribution in [1.29, 1.82) is 4.78 Å². The molecular weight excluding hydrogens is 301 g/mol. The van der Waals surface area contributed by atoms with Gasteiger partial charge in [-0.3, -0.25) is 0 Å². The first-order valence-electron chi connectivity index (χ1n) is 6.82. The Kier molecular flexibility index (Phi) is 4.63. The molecule has 1 aromatic rings. The molecule has 0 saturated carbocycles. The quantitative estimate of drug-likeness (QED) is 0.898. The van der Waals surface area contributed by atoms with Crippen LogP contribution in [-0.4, -0.2) is 23.6 Å². The van der Waals surface area contributed by atoms with Gasteiger partial charge in [0, 0.05) is 11.2 Å². The summed E-state index contributed by atoms with van der Waals surface area (Å²) >= 11 is 0. The standard InChI is InChI=1S/C14H19F3N2OS/c1-21(18,20)13-8-11(6-10-2-4-19-5-3-10)7-12(9-13)14(15,16)17/h7-10,18-19H,2-6H2,1H3. The Morgan fingerprint density at radius 2 is 1.90 bits per heavy atom. The zero-order valence-corrected chi connectivity index (χ0v) is 12.6. The van der Waals surface area contributed by atoms with Gasteiger partial charge < -0.3 is 5.32 Å². The normalized spacial score (nSPS) is 20.2. The molecule has 1 aliphatic rings. The van der Waals surface area contributed by atoms with Gasteiger partial charge in [0.1, 0.15) is 0 Å². The minimum atomic E-state index is -4.48. The number of benzene rings is 1. The third kappa shape index (κ3) is 4.44. The fourth-order valence-electron chi connectivity index (χ4n) is 2.59. The Bertz CT molecular complexity index is 605. The van der Waals surface area contributed by atoms with E-state index in [9.17, 15) is 17.4 Å². The molecule has 0 radical (unpaired) electrons. The highest BCUT2D eigenvalue weighted by Gasteiger charge is 2.32. The zero-order chi connectivity index (χ0) is 15.7. The molecule has 1 atom stereocenters. The second-order valence-electron chi connectivity index (χ2n) is 5.60. The van der Waals surface area contributed by atoms with E-state index in [1.165, 1.54) is 6.07 Å². The van der Waals surface area contributed by atoms with Crippen LogP contribution in [0.25, 0.3) is 0 Å². The van der Waals surface area contributed by atoms with Crippen molar-refractivity contribution in [2.45, 2.75) is 30.3 Å². The predicted molar refractivity (Wildman–Crippen MR) is 75.8 cm³/mol. The number of hydrogen-bond acceptors (Lipinski definition) is 3.